The average molecular weight is 517 g/mol. The maximum absolute atomic E-state index is 12.8. The number of nitrogens with zero attached hydrogens (tertiary/aromatic N) is 2. The second-order valence-corrected chi connectivity index (χ2v) is 9.22. The number of aliphatic imine (C=N–C) groups is 1. The fourth-order valence-corrected chi connectivity index (χ4v) is 4.17. The average Bonchev–Trinajstić information content (AvgIpc) is 3.43. The van der Waals surface area contributed by atoms with Crippen LogP contribution in [0.5, 0.6) is 0 Å². The first-order valence-electron chi connectivity index (χ1n) is 12.6. The van der Waals surface area contributed by atoms with Gasteiger partial charge in [-0.1, -0.05) is 37.3 Å². The Kier molecular flexibility index (Phi) is 10.5. The number of nitrogens with one attached hydrogen (secondary N) is 4. The highest BCUT2D eigenvalue weighted by molar-refractivity contribution is 5.83. The van der Waals surface area contributed by atoms with E-state index < -0.39 is 18.1 Å². The van der Waals surface area contributed by atoms with Crippen molar-refractivity contribution in [2.75, 3.05) is 39.3 Å². The van der Waals surface area contributed by atoms with Gasteiger partial charge in [0.05, 0.1) is 6.54 Å². The second-order valence-electron chi connectivity index (χ2n) is 9.22. The van der Waals surface area contributed by atoms with Crippen LogP contribution in [0.4, 0.5) is 4.79 Å². The van der Waals surface area contributed by atoms with E-state index in [0.29, 0.717) is 38.9 Å². The zero-order chi connectivity index (χ0) is 26.6. The van der Waals surface area contributed by atoms with Gasteiger partial charge in [-0.3, -0.25) is 14.6 Å². The summed E-state index contributed by atoms with van der Waals surface area (Å²) in [6.45, 7) is 4.81. The number of aliphatic carboxylic acids is 1. The predicted molar refractivity (Wildman–Crippen MR) is 136 cm³/mol. The van der Waals surface area contributed by atoms with Gasteiger partial charge in [-0.15, -0.1) is 0 Å². The molecule has 0 spiro atoms. The van der Waals surface area contributed by atoms with Gasteiger partial charge in [-0.05, 0) is 24.8 Å². The molecular formula is C25H36N6O6. The number of guanidine groups is 1. The van der Waals surface area contributed by atoms with E-state index in [1.54, 1.807) is 29.2 Å². The first-order valence-corrected chi connectivity index (χ1v) is 12.6. The number of piperidine rings is 1. The molecule has 3 amide bonds. The first-order chi connectivity index (χ1) is 17.8. The van der Waals surface area contributed by atoms with Crippen molar-refractivity contribution in [2.45, 2.75) is 38.8 Å². The molecule has 1 aromatic carbocycles. The summed E-state index contributed by atoms with van der Waals surface area (Å²) in [6.07, 6.45) is 0.785. The molecule has 2 heterocycles. The second kappa shape index (κ2) is 14.0. The number of carbonyl (C=O) groups excluding carboxylic acids is 3. The summed E-state index contributed by atoms with van der Waals surface area (Å²) in [6, 6.07) is 7.68. The van der Waals surface area contributed by atoms with Gasteiger partial charge in [0.2, 0.25) is 11.8 Å². The fraction of sp³-hybridized carbons (Fsp3) is 0.560. The molecule has 3 rings (SSSR count). The number of carbonyl (C=O) groups is 4. The minimum atomic E-state index is -1.33. The van der Waals surface area contributed by atoms with Gasteiger partial charge < -0.3 is 36.0 Å². The zero-order valence-corrected chi connectivity index (χ0v) is 21.1. The van der Waals surface area contributed by atoms with Crippen LogP contribution in [0.25, 0.3) is 0 Å². The molecule has 12 heteroatoms. The van der Waals surface area contributed by atoms with Gasteiger partial charge in [0.1, 0.15) is 12.6 Å². The number of rotatable bonds is 11. The summed E-state index contributed by atoms with van der Waals surface area (Å²) < 4.78 is 5.06. The van der Waals surface area contributed by atoms with Crippen LogP contribution in [0.15, 0.2) is 35.3 Å². The first kappa shape index (κ1) is 27.8. The van der Waals surface area contributed by atoms with Crippen LogP contribution in [0.1, 0.15) is 31.7 Å². The van der Waals surface area contributed by atoms with Crippen LogP contribution in [0.2, 0.25) is 0 Å². The summed E-state index contributed by atoms with van der Waals surface area (Å²) in [7, 11) is 0. The maximum atomic E-state index is 12.8. The molecule has 1 unspecified atom stereocenters. The Bertz CT molecular complexity index is 964. The lowest BCUT2D eigenvalue weighted by Gasteiger charge is -2.33. The fourth-order valence-electron chi connectivity index (χ4n) is 4.17. The van der Waals surface area contributed by atoms with E-state index in [1.807, 2.05) is 13.0 Å². The number of ether oxygens (including phenoxy) is 1. The van der Waals surface area contributed by atoms with E-state index in [1.165, 1.54) is 0 Å². The molecular weight excluding hydrogens is 480 g/mol. The monoisotopic (exact) mass is 516 g/mol. The predicted octanol–water partition coefficient (Wildman–Crippen LogP) is 0.296. The third-order valence-electron chi connectivity index (χ3n) is 6.43. The lowest BCUT2D eigenvalue weighted by Crippen LogP contribution is -2.50. The number of benzene rings is 1. The van der Waals surface area contributed by atoms with Crippen molar-refractivity contribution < 1.29 is 29.0 Å². The van der Waals surface area contributed by atoms with E-state index in [2.05, 4.69) is 26.3 Å². The summed E-state index contributed by atoms with van der Waals surface area (Å²) >= 11 is 0. The van der Waals surface area contributed by atoms with E-state index in [4.69, 9.17) is 4.74 Å². The topological polar surface area (TPSA) is 161 Å². The van der Waals surface area contributed by atoms with Crippen LogP contribution in [0.3, 0.4) is 0 Å². The number of hydrogen-bond donors (Lipinski definition) is 5. The van der Waals surface area contributed by atoms with Crippen molar-refractivity contribution in [3.8, 4) is 0 Å². The van der Waals surface area contributed by atoms with Gasteiger partial charge >= 0.3 is 12.1 Å². The standard InChI is InChI=1S/C25H36N6O6/c1-17(7-10-26-24-27-11-12-28-24)22(33)31-13-8-19(9-14-31)21(32)29-15-20(23(34)35)30-25(36)37-16-18-5-3-2-4-6-18/h2-6,17,19-20H,7-16H2,1H3,(H,29,32)(H,30,36)(H,34,35)(H2,26,27,28)/t17?,20-/m1/s1. The van der Waals surface area contributed by atoms with Crippen molar-refractivity contribution in [3.63, 3.8) is 0 Å². The largest absolute Gasteiger partial charge is 0.480 e. The molecule has 37 heavy (non-hydrogen) atoms. The Morgan fingerprint density at radius 3 is 2.57 bits per heavy atom. The molecule has 2 aliphatic rings. The van der Waals surface area contributed by atoms with Crippen molar-refractivity contribution in [1.29, 1.82) is 0 Å². The van der Waals surface area contributed by atoms with Gasteiger partial charge in [0.25, 0.3) is 0 Å². The molecule has 202 valence electrons. The Morgan fingerprint density at radius 2 is 1.92 bits per heavy atom. The van der Waals surface area contributed by atoms with Crippen LogP contribution in [0, 0.1) is 11.8 Å². The van der Waals surface area contributed by atoms with E-state index in [9.17, 15) is 24.3 Å². The lowest BCUT2D eigenvalue weighted by molar-refractivity contribution is -0.140. The number of carboxylic acids is 1. The molecule has 1 aromatic rings. The van der Waals surface area contributed by atoms with Crippen molar-refractivity contribution in [2.24, 2.45) is 16.8 Å². The summed E-state index contributed by atoms with van der Waals surface area (Å²) in [5.41, 5.74) is 0.769. The molecule has 5 N–H and O–H groups in total. The van der Waals surface area contributed by atoms with E-state index in [0.717, 1.165) is 24.6 Å². The van der Waals surface area contributed by atoms with Crippen molar-refractivity contribution in [1.82, 2.24) is 26.2 Å². The van der Waals surface area contributed by atoms with Gasteiger partial charge in [0.15, 0.2) is 5.96 Å². The quantitative estimate of drug-likeness (QED) is 0.281. The van der Waals surface area contributed by atoms with E-state index >= 15 is 0 Å². The molecule has 1 fully saturated rings. The van der Waals surface area contributed by atoms with Crippen LogP contribution < -0.4 is 21.3 Å². The third kappa shape index (κ3) is 8.96. The number of hydrogen-bond acceptors (Lipinski definition) is 8. The Morgan fingerprint density at radius 1 is 1.19 bits per heavy atom. The SMILES string of the molecule is CC(CCNC1=NCCN1)C(=O)N1CCC(C(=O)NC[C@@H](NC(=O)OCc2ccccc2)C(=O)O)CC1. The highest BCUT2D eigenvalue weighted by atomic mass is 16.5. The summed E-state index contributed by atoms with van der Waals surface area (Å²) in [5, 5.41) is 20.6. The molecule has 0 radical (unpaired) electrons. The lowest BCUT2D eigenvalue weighted by atomic mass is 9.94. The smallest absolute Gasteiger partial charge is 0.408 e. The molecule has 0 aliphatic carbocycles. The highest BCUT2D eigenvalue weighted by Gasteiger charge is 2.30. The molecule has 12 nitrogen and oxygen atoms in total. The Hall–Kier alpha value is -3.83. The highest BCUT2D eigenvalue weighted by Crippen LogP contribution is 2.20. The number of likely N-dealkylation sites (tertiary alicyclic amines) is 1. The molecule has 0 bridgehead atoms. The normalized spacial score (nSPS) is 17.1. The van der Waals surface area contributed by atoms with Crippen LogP contribution in [-0.2, 0) is 25.7 Å². The minimum absolute atomic E-state index is 0.00426. The molecule has 0 saturated carbocycles. The molecule has 0 aromatic heterocycles. The maximum Gasteiger partial charge on any atom is 0.408 e. The summed E-state index contributed by atoms with van der Waals surface area (Å²) in [5.74, 6) is -1.21. The van der Waals surface area contributed by atoms with Crippen molar-refractivity contribution >= 4 is 29.8 Å². The van der Waals surface area contributed by atoms with Gasteiger partial charge in [0, 0.05) is 44.6 Å². The van der Waals surface area contributed by atoms with Gasteiger partial charge in [-0.25, -0.2) is 9.59 Å². The third-order valence-corrected chi connectivity index (χ3v) is 6.43. The van der Waals surface area contributed by atoms with Crippen molar-refractivity contribution in [3.05, 3.63) is 35.9 Å². The Labute approximate surface area is 216 Å². The molecule has 2 aliphatic heterocycles. The minimum Gasteiger partial charge on any atom is -0.480 e. The Balaban J connectivity index is 1.35. The van der Waals surface area contributed by atoms with Gasteiger partial charge in [-0.2, -0.15) is 0 Å². The number of alkyl carbamates (subject to hydrolysis) is 1. The van der Waals surface area contributed by atoms with E-state index in [-0.39, 0.29) is 36.8 Å². The molecule has 2 atom stereocenters. The summed E-state index contributed by atoms with van der Waals surface area (Å²) in [4.78, 5) is 55.0. The number of carboxylic acid groups (broad SMARTS) is 1. The van der Waals surface area contributed by atoms with Crippen LogP contribution in [-0.4, -0.2) is 85.2 Å². The molecule has 1 saturated heterocycles. The van der Waals surface area contributed by atoms with Crippen LogP contribution >= 0.6 is 0 Å². The zero-order valence-electron chi connectivity index (χ0n) is 21.1. The number of amides is 3.